The maximum atomic E-state index is 5.05. The summed E-state index contributed by atoms with van der Waals surface area (Å²) < 4.78 is 0. The molecule has 2 aromatic carbocycles. The van der Waals surface area contributed by atoms with E-state index in [2.05, 4.69) is 29.2 Å². The molecule has 1 aliphatic carbocycles. The van der Waals surface area contributed by atoms with Crippen LogP contribution >= 0.6 is 0 Å². The number of benzene rings is 2. The lowest BCUT2D eigenvalue weighted by Crippen LogP contribution is -1.88. The predicted molar refractivity (Wildman–Crippen MR) is 164 cm³/mol. The van der Waals surface area contributed by atoms with Crippen molar-refractivity contribution >= 4 is 66.4 Å². The lowest BCUT2D eigenvalue weighted by molar-refractivity contribution is 1.10. The van der Waals surface area contributed by atoms with Gasteiger partial charge in [-0.05, 0) is 6.42 Å². The van der Waals surface area contributed by atoms with Crippen molar-refractivity contribution in [1.29, 1.82) is 0 Å². The molecular formula is C33H22N8. The summed E-state index contributed by atoms with van der Waals surface area (Å²) in [6.07, 6.45) is 12.4. The number of nitrogens with zero attached hydrogens (tertiary/aromatic N) is 6. The highest BCUT2D eigenvalue weighted by Gasteiger charge is 2.23. The highest BCUT2D eigenvalue weighted by atomic mass is 15.1. The van der Waals surface area contributed by atoms with Crippen LogP contribution in [0.1, 0.15) is 29.7 Å². The van der Waals surface area contributed by atoms with Crippen LogP contribution in [-0.4, -0.2) is 39.9 Å². The van der Waals surface area contributed by atoms with Crippen LogP contribution in [0.4, 0.5) is 0 Å². The van der Waals surface area contributed by atoms with Crippen LogP contribution in [-0.2, 0) is 0 Å². The normalized spacial score (nSPS) is 14.5. The summed E-state index contributed by atoms with van der Waals surface area (Å²) in [5, 5.41) is 3.72. The van der Waals surface area contributed by atoms with Gasteiger partial charge in [-0.2, -0.15) is 0 Å². The van der Waals surface area contributed by atoms with Gasteiger partial charge in [0.2, 0.25) is 0 Å². The predicted octanol–water partition coefficient (Wildman–Crippen LogP) is 6.91. The highest BCUT2D eigenvalue weighted by molar-refractivity contribution is 6.07. The van der Waals surface area contributed by atoms with Crippen LogP contribution in [0.15, 0.2) is 98.1 Å². The van der Waals surface area contributed by atoms with Crippen molar-refractivity contribution in [3.05, 3.63) is 121 Å². The Bertz CT molecular complexity index is 2270. The minimum atomic E-state index is 0.497. The van der Waals surface area contributed by atoms with E-state index in [1.165, 1.54) is 0 Å². The molecule has 0 unspecified atom stereocenters. The number of aromatic nitrogens is 8. The zero-order chi connectivity index (χ0) is 27.5. The third kappa shape index (κ3) is 3.54. The molecule has 0 radical (unpaired) electrons. The molecule has 0 amide bonds. The van der Waals surface area contributed by atoms with E-state index < -0.39 is 0 Å². The summed E-state index contributed by atoms with van der Waals surface area (Å²) in [5.74, 6) is 2.21. The van der Waals surface area contributed by atoms with Gasteiger partial charge in [-0.25, -0.2) is 29.9 Å². The van der Waals surface area contributed by atoms with Gasteiger partial charge in [0, 0.05) is 43.8 Å². The van der Waals surface area contributed by atoms with Gasteiger partial charge >= 0.3 is 0 Å². The first-order valence-electron chi connectivity index (χ1n) is 13.3. The van der Waals surface area contributed by atoms with Crippen molar-refractivity contribution in [1.82, 2.24) is 39.9 Å². The molecule has 8 nitrogen and oxygen atoms in total. The Morgan fingerprint density at radius 1 is 0.561 bits per heavy atom. The van der Waals surface area contributed by atoms with Gasteiger partial charge in [-0.15, -0.1) is 0 Å². The Morgan fingerprint density at radius 3 is 1.54 bits per heavy atom. The quantitative estimate of drug-likeness (QED) is 0.257. The molecule has 0 saturated carbocycles. The van der Waals surface area contributed by atoms with Gasteiger partial charge in [0.15, 0.2) is 23.3 Å². The second-order valence-corrected chi connectivity index (χ2v) is 9.82. The first-order chi connectivity index (χ1) is 20.2. The molecule has 5 heterocycles. The second kappa shape index (κ2) is 8.89. The van der Waals surface area contributed by atoms with Gasteiger partial charge in [-0.1, -0.05) is 98.1 Å². The number of rotatable bonds is 2. The second-order valence-electron chi connectivity index (χ2n) is 9.82. The molecule has 8 bridgehead atoms. The molecule has 0 saturated heterocycles. The van der Waals surface area contributed by atoms with Crippen LogP contribution in [0.5, 0.6) is 0 Å². The number of nitrogens with one attached hydrogen (secondary N) is 2. The minimum Gasteiger partial charge on any atom is -0.324 e. The summed E-state index contributed by atoms with van der Waals surface area (Å²) in [7, 11) is 0. The van der Waals surface area contributed by atoms with Crippen molar-refractivity contribution < 1.29 is 0 Å². The van der Waals surface area contributed by atoms with Gasteiger partial charge in [-0.3, -0.25) is 0 Å². The molecule has 0 fully saturated rings. The molecule has 8 heteroatoms. The molecule has 0 spiro atoms. The molecule has 8 rings (SSSR count). The van der Waals surface area contributed by atoms with E-state index in [0.717, 1.165) is 43.8 Å². The van der Waals surface area contributed by atoms with Crippen LogP contribution in [0.25, 0.3) is 66.4 Å². The van der Waals surface area contributed by atoms with Crippen molar-refractivity contribution in [2.75, 3.05) is 0 Å². The van der Waals surface area contributed by atoms with Crippen molar-refractivity contribution in [2.24, 2.45) is 0 Å². The molecule has 41 heavy (non-hydrogen) atoms. The standard InChI is InChI=1S/C33H22N8/c1-3-18-19(4-2)27-34-26(18)35-28-22-14-8-10-16-24(22)32(37-28)40-30-20-12-6-5-7-13-21(20)31(39-30)41-33-25-17-11-9-15-23(25)29(36-27)38-33/h3-12,14-17H,1-2,13H2,(H2,34,35,36,37,38,39,40,41). The lowest BCUT2D eigenvalue weighted by Gasteiger charge is -1.98. The average molecular weight is 531 g/mol. The molecule has 3 aromatic heterocycles. The number of allylic oxidation sites excluding steroid dienone is 10. The van der Waals surface area contributed by atoms with Crippen molar-refractivity contribution in [2.45, 2.75) is 6.42 Å². The Kier molecular flexibility index (Phi) is 5.02. The number of hydrogen-bond acceptors (Lipinski definition) is 6. The van der Waals surface area contributed by atoms with Gasteiger partial charge < -0.3 is 9.97 Å². The Morgan fingerprint density at radius 2 is 1.02 bits per heavy atom. The van der Waals surface area contributed by atoms with E-state index in [1.807, 2.05) is 66.8 Å². The van der Waals surface area contributed by atoms with Crippen LogP contribution in [0.3, 0.4) is 0 Å². The van der Waals surface area contributed by atoms with Gasteiger partial charge in [0.1, 0.15) is 22.6 Å². The summed E-state index contributed by atoms with van der Waals surface area (Å²) in [6.45, 7) is 8.06. The van der Waals surface area contributed by atoms with Crippen molar-refractivity contribution in [3.8, 4) is 0 Å². The van der Waals surface area contributed by atoms with Crippen LogP contribution in [0, 0.1) is 0 Å². The Labute approximate surface area is 234 Å². The minimum absolute atomic E-state index is 0.497. The zero-order valence-corrected chi connectivity index (χ0v) is 21.9. The third-order valence-electron chi connectivity index (χ3n) is 7.49. The third-order valence-corrected chi connectivity index (χ3v) is 7.49. The van der Waals surface area contributed by atoms with E-state index >= 15 is 0 Å². The molecule has 194 valence electrons. The van der Waals surface area contributed by atoms with E-state index in [4.69, 9.17) is 29.9 Å². The Balaban J connectivity index is 1.59. The first kappa shape index (κ1) is 23.2. The van der Waals surface area contributed by atoms with E-state index in [-0.39, 0.29) is 0 Å². The van der Waals surface area contributed by atoms with E-state index in [1.54, 1.807) is 12.2 Å². The van der Waals surface area contributed by atoms with Crippen LogP contribution < -0.4 is 0 Å². The molecule has 0 atom stereocenters. The van der Waals surface area contributed by atoms with Crippen LogP contribution in [0.2, 0.25) is 0 Å². The van der Waals surface area contributed by atoms with E-state index in [9.17, 15) is 0 Å². The molecule has 5 aromatic rings. The fraction of sp³-hybridized carbons (Fsp3) is 0.0303. The monoisotopic (exact) mass is 530 g/mol. The van der Waals surface area contributed by atoms with Gasteiger partial charge in [0.25, 0.3) is 0 Å². The smallest absolute Gasteiger partial charge is 0.164 e. The molecule has 3 aliphatic rings. The first-order valence-corrected chi connectivity index (χ1v) is 13.3. The average Bonchev–Trinajstić information content (AvgIpc) is 3.65. The summed E-state index contributed by atoms with van der Waals surface area (Å²) in [4.78, 5) is 36.7. The number of aromatic amines is 2. The van der Waals surface area contributed by atoms with Crippen molar-refractivity contribution in [3.63, 3.8) is 0 Å². The summed E-state index contributed by atoms with van der Waals surface area (Å²) in [5.41, 5.74) is 6.09. The fourth-order valence-electron chi connectivity index (χ4n) is 5.55. The largest absolute Gasteiger partial charge is 0.324 e. The maximum Gasteiger partial charge on any atom is 0.164 e. The number of hydrogen-bond donors (Lipinski definition) is 2. The topological polar surface area (TPSA) is 109 Å². The Hall–Kier alpha value is -5.76. The highest BCUT2D eigenvalue weighted by Crippen LogP contribution is 2.35. The molecular weight excluding hydrogens is 508 g/mol. The number of H-pyrrole nitrogens is 2. The van der Waals surface area contributed by atoms with Gasteiger partial charge in [0.05, 0.1) is 0 Å². The van der Waals surface area contributed by atoms with E-state index in [0.29, 0.717) is 52.3 Å². The maximum absolute atomic E-state index is 5.05. The lowest BCUT2D eigenvalue weighted by atomic mass is 10.1. The summed E-state index contributed by atoms with van der Waals surface area (Å²) >= 11 is 0. The molecule has 2 N–H and O–H groups in total. The SMILES string of the molecule is C=CC1=C(C=C)c2nc1nc1[nH]c(nc3nc(nc4[nH]c(n2)c2ccccc42)C2=C3C=CC=CC2)c2ccccc12. The summed E-state index contributed by atoms with van der Waals surface area (Å²) in [6, 6.07) is 16.0. The molecule has 2 aliphatic heterocycles. The number of fused-ring (bicyclic) bond motifs is 16. The zero-order valence-electron chi connectivity index (χ0n) is 21.9. The fourth-order valence-corrected chi connectivity index (χ4v) is 5.55.